The number of carbonyl (C=O) groups is 2. The number of methoxy groups -OCH3 is 2. The molecular formula is C12H16O4. The molecule has 3 aliphatic rings. The van der Waals surface area contributed by atoms with Crippen LogP contribution in [0, 0.1) is 17.3 Å². The maximum atomic E-state index is 11.9. The highest BCUT2D eigenvalue weighted by atomic mass is 16.5. The smallest absolute Gasteiger partial charge is 0.324 e. The molecule has 0 N–H and O–H groups in total. The highest BCUT2D eigenvalue weighted by Crippen LogP contribution is 2.60. The van der Waals surface area contributed by atoms with Gasteiger partial charge in [0.2, 0.25) is 0 Å². The van der Waals surface area contributed by atoms with Crippen LogP contribution >= 0.6 is 0 Å². The van der Waals surface area contributed by atoms with Gasteiger partial charge in [0.05, 0.1) is 14.2 Å². The van der Waals surface area contributed by atoms with E-state index >= 15 is 0 Å². The Hall–Kier alpha value is -1.32. The van der Waals surface area contributed by atoms with Gasteiger partial charge in [-0.3, -0.25) is 9.59 Å². The van der Waals surface area contributed by atoms with Crippen molar-refractivity contribution in [2.24, 2.45) is 17.3 Å². The molecule has 16 heavy (non-hydrogen) atoms. The van der Waals surface area contributed by atoms with Crippen LogP contribution in [0.2, 0.25) is 0 Å². The molecule has 2 bridgehead atoms. The minimum Gasteiger partial charge on any atom is -0.468 e. The van der Waals surface area contributed by atoms with Crippen LogP contribution in [-0.2, 0) is 19.1 Å². The van der Waals surface area contributed by atoms with Crippen molar-refractivity contribution in [2.45, 2.75) is 19.8 Å². The molecule has 0 unspecified atom stereocenters. The summed E-state index contributed by atoms with van der Waals surface area (Å²) in [4.78, 5) is 23.9. The highest BCUT2D eigenvalue weighted by molar-refractivity contribution is 6.02. The molecule has 0 spiro atoms. The third kappa shape index (κ3) is 1.10. The Morgan fingerprint density at radius 1 is 1.31 bits per heavy atom. The average molecular weight is 224 g/mol. The molecule has 1 fully saturated rings. The summed E-state index contributed by atoms with van der Waals surface area (Å²) in [5.74, 6) is -0.895. The van der Waals surface area contributed by atoms with Crippen LogP contribution in [0.15, 0.2) is 11.6 Å². The molecular weight excluding hydrogens is 208 g/mol. The molecule has 0 heterocycles. The molecule has 0 aromatic carbocycles. The van der Waals surface area contributed by atoms with Crippen LogP contribution in [0.1, 0.15) is 19.8 Å². The van der Waals surface area contributed by atoms with E-state index in [9.17, 15) is 9.59 Å². The third-order valence-corrected chi connectivity index (χ3v) is 4.03. The first-order chi connectivity index (χ1) is 7.58. The van der Waals surface area contributed by atoms with Gasteiger partial charge in [0.25, 0.3) is 0 Å². The van der Waals surface area contributed by atoms with E-state index in [1.165, 1.54) is 14.2 Å². The molecule has 2 atom stereocenters. The van der Waals surface area contributed by atoms with Crippen molar-refractivity contribution < 1.29 is 19.1 Å². The predicted octanol–water partition coefficient (Wildman–Crippen LogP) is 1.30. The van der Waals surface area contributed by atoms with Crippen molar-refractivity contribution in [3.05, 3.63) is 11.6 Å². The fraction of sp³-hybridized carbons (Fsp3) is 0.667. The van der Waals surface area contributed by atoms with E-state index in [4.69, 9.17) is 9.47 Å². The maximum Gasteiger partial charge on any atom is 0.324 e. The van der Waals surface area contributed by atoms with Crippen LogP contribution < -0.4 is 0 Å². The normalized spacial score (nSPS) is 29.8. The fourth-order valence-electron chi connectivity index (χ4n) is 3.12. The molecule has 88 valence electrons. The summed E-state index contributed by atoms with van der Waals surface area (Å²) < 4.78 is 9.60. The van der Waals surface area contributed by atoms with Crippen LogP contribution in [0.25, 0.3) is 0 Å². The van der Waals surface area contributed by atoms with E-state index in [1.807, 2.05) is 6.92 Å². The Balaban J connectivity index is 2.42. The second-order valence-corrected chi connectivity index (χ2v) is 4.52. The number of hydrogen-bond donors (Lipinski definition) is 0. The van der Waals surface area contributed by atoms with Gasteiger partial charge < -0.3 is 9.47 Å². The SMILES string of the molecule is COC(=O)C1(C(=O)OC)[C@H]2CC=C(C)[C@@H]1C2. The predicted molar refractivity (Wildman–Crippen MR) is 56.4 cm³/mol. The molecule has 3 aliphatic carbocycles. The number of fused-ring (bicyclic) bond motifs is 1. The lowest BCUT2D eigenvalue weighted by atomic mass is 9.47. The van der Waals surface area contributed by atoms with E-state index in [2.05, 4.69) is 6.08 Å². The topological polar surface area (TPSA) is 52.6 Å². The molecule has 3 rings (SSSR count). The first-order valence-electron chi connectivity index (χ1n) is 5.42. The summed E-state index contributed by atoms with van der Waals surface area (Å²) in [7, 11) is 2.64. The highest BCUT2D eigenvalue weighted by Gasteiger charge is 2.68. The Morgan fingerprint density at radius 3 is 2.25 bits per heavy atom. The maximum absolute atomic E-state index is 11.9. The van der Waals surface area contributed by atoms with Gasteiger partial charge in [0, 0.05) is 5.92 Å². The molecule has 0 aliphatic heterocycles. The Labute approximate surface area is 94.6 Å². The number of rotatable bonds is 2. The van der Waals surface area contributed by atoms with Crippen LogP contribution in [-0.4, -0.2) is 26.2 Å². The molecule has 1 saturated carbocycles. The summed E-state index contributed by atoms with van der Waals surface area (Å²) in [6, 6.07) is 0. The summed E-state index contributed by atoms with van der Waals surface area (Å²) in [6.45, 7) is 1.96. The molecule has 0 amide bonds. The number of esters is 2. The summed E-state index contributed by atoms with van der Waals surface area (Å²) in [5.41, 5.74) is 0.0285. The molecule has 4 nitrogen and oxygen atoms in total. The van der Waals surface area contributed by atoms with E-state index in [0.29, 0.717) is 0 Å². The molecule has 0 radical (unpaired) electrons. The van der Waals surface area contributed by atoms with Crippen molar-refractivity contribution in [3.63, 3.8) is 0 Å². The van der Waals surface area contributed by atoms with Crippen molar-refractivity contribution in [2.75, 3.05) is 14.2 Å². The van der Waals surface area contributed by atoms with Gasteiger partial charge in [0.1, 0.15) is 0 Å². The second-order valence-electron chi connectivity index (χ2n) is 4.52. The van der Waals surface area contributed by atoms with Crippen molar-refractivity contribution in [1.29, 1.82) is 0 Å². The van der Waals surface area contributed by atoms with E-state index < -0.39 is 17.4 Å². The largest absolute Gasteiger partial charge is 0.468 e. The lowest BCUT2D eigenvalue weighted by Gasteiger charge is -2.54. The quantitative estimate of drug-likeness (QED) is 0.403. The first-order valence-corrected chi connectivity index (χ1v) is 5.42. The monoisotopic (exact) mass is 224 g/mol. The van der Waals surface area contributed by atoms with Crippen molar-refractivity contribution in [1.82, 2.24) is 0 Å². The third-order valence-electron chi connectivity index (χ3n) is 4.03. The summed E-state index contributed by atoms with van der Waals surface area (Å²) in [6.07, 6.45) is 3.74. The number of ether oxygens (including phenoxy) is 2. The average Bonchev–Trinajstić information content (AvgIpc) is 2.28. The van der Waals surface area contributed by atoms with Gasteiger partial charge in [-0.05, 0) is 25.7 Å². The van der Waals surface area contributed by atoms with Gasteiger partial charge in [0.15, 0.2) is 5.41 Å². The first kappa shape index (κ1) is 11.2. The Morgan fingerprint density at radius 2 is 1.88 bits per heavy atom. The Kier molecular flexibility index (Phi) is 2.52. The fourth-order valence-corrected chi connectivity index (χ4v) is 3.12. The van der Waals surface area contributed by atoms with Gasteiger partial charge in [-0.25, -0.2) is 0 Å². The zero-order valence-corrected chi connectivity index (χ0v) is 9.78. The molecule has 0 aromatic heterocycles. The van der Waals surface area contributed by atoms with Gasteiger partial charge in [-0.2, -0.15) is 0 Å². The standard InChI is InChI=1S/C12H16O4/c1-7-4-5-8-6-9(7)12(8,10(13)15-2)11(14)16-3/h4,8-9H,5-6H2,1-3H3/t8-,9-/m0/s1. The number of allylic oxidation sites excluding steroid dienone is 2. The van der Waals surface area contributed by atoms with Gasteiger partial charge >= 0.3 is 11.9 Å². The summed E-state index contributed by atoms with van der Waals surface area (Å²) in [5, 5.41) is 0. The zero-order valence-electron chi connectivity index (χ0n) is 9.78. The number of carbonyl (C=O) groups excluding carboxylic acids is 2. The molecule has 0 aromatic rings. The zero-order chi connectivity index (χ0) is 11.9. The van der Waals surface area contributed by atoms with Gasteiger partial charge in [-0.15, -0.1) is 0 Å². The molecule has 0 saturated heterocycles. The van der Waals surface area contributed by atoms with E-state index in [-0.39, 0.29) is 11.8 Å². The molecule has 4 heteroatoms. The van der Waals surface area contributed by atoms with Crippen LogP contribution in [0.4, 0.5) is 0 Å². The second kappa shape index (κ2) is 3.61. The van der Waals surface area contributed by atoms with Crippen LogP contribution in [0.5, 0.6) is 0 Å². The van der Waals surface area contributed by atoms with E-state index in [1.54, 1.807) is 0 Å². The lowest BCUT2D eigenvalue weighted by molar-refractivity contribution is -0.192. The van der Waals surface area contributed by atoms with Crippen molar-refractivity contribution >= 4 is 11.9 Å². The van der Waals surface area contributed by atoms with Crippen LogP contribution in [0.3, 0.4) is 0 Å². The van der Waals surface area contributed by atoms with Crippen molar-refractivity contribution in [3.8, 4) is 0 Å². The van der Waals surface area contributed by atoms with E-state index in [0.717, 1.165) is 18.4 Å². The minimum absolute atomic E-state index is 0.0360. The number of hydrogen-bond acceptors (Lipinski definition) is 4. The summed E-state index contributed by atoms with van der Waals surface area (Å²) >= 11 is 0. The Bertz CT molecular complexity index is 353. The van der Waals surface area contributed by atoms with Gasteiger partial charge in [-0.1, -0.05) is 11.6 Å². The minimum atomic E-state index is -1.07. The lowest BCUT2D eigenvalue weighted by Crippen LogP contribution is -2.62.